The van der Waals surface area contributed by atoms with Crippen LogP contribution in [0.2, 0.25) is 0 Å². The van der Waals surface area contributed by atoms with Gasteiger partial charge in [-0.25, -0.2) is 24.9 Å². The molecule has 0 unspecified atom stereocenters. The number of imidazole rings is 5. The van der Waals surface area contributed by atoms with Crippen LogP contribution in [0, 0.1) is 31.1 Å². The highest BCUT2D eigenvalue weighted by Gasteiger charge is 2.28. The lowest BCUT2D eigenvalue weighted by molar-refractivity contribution is 0.0997. The summed E-state index contributed by atoms with van der Waals surface area (Å²) < 4.78 is 11.4. The molecule has 0 bridgehead atoms. The standard InChI is InChI=1S/C12H19N3O.C12H17N3O.C12H15N3O.C10H15N3O.C9H12BrN3O.C4H8.C3H4.H2/c3*1-4-5-11-13-12(9(2)16)10-8-14(3)6-7-15(10)11;1-7(14)10-9-6-12(3)4-5-13(9)8(2)11-10;1-6(14)8-7-5-12(2)3-4-13(7)9(10)11-8;1-3-4-2;1-3-2;/h4-8H2,1-3H3;4-5H,6-8H2,1-3H3;6-8H2,1-3H3;4-6H2,1-3H3;3-5H2,1-2H3;3-4H,1-2H3;1H,2H3;1H. The maximum absolute atomic E-state index is 11.5. The second-order valence-electron chi connectivity index (χ2n) is 21.3. The van der Waals surface area contributed by atoms with Crippen LogP contribution >= 0.6 is 15.9 Å². The van der Waals surface area contributed by atoms with Gasteiger partial charge in [-0.1, -0.05) is 31.1 Å². The molecule has 0 saturated heterocycles. The molecule has 83 heavy (non-hydrogen) atoms. The highest BCUT2D eigenvalue weighted by Crippen LogP contribution is 2.25. The molecule has 0 aliphatic carbocycles. The van der Waals surface area contributed by atoms with Gasteiger partial charge in [0, 0.05) is 141 Å². The molecule has 0 N–H and O–H groups in total. The molecule has 10 rings (SSSR count). The van der Waals surface area contributed by atoms with Crippen molar-refractivity contribution in [2.75, 3.05) is 68.0 Å². The van der Waals surface area contributed by atoms with E-state index in [-0.39, 0.29) is 30.3 Å². The maximum atomic E-state index is 11.5. The van der Waals surface area contributed by atoms with Crippen molar-refractivity contribution in [3.8, 4) is 24.2 Å². The van der Waals surface area contributed by atoms with Crippen molar-refractivity contribution in [3.63, 3.8) is 0 Å². The largest absolute Gasteiger partial charge is 0.329 e. The second kappa shape index (κ2) is 32.9. The molecule has 0 saturated carbocycles. The van der Waals surface area contributed by atoms with Gasteiger partial charge in [0.05, 0.1) is 28.5 Å². The SMILES string of the molecule is C#CC.CC#Cc1nc(C(C)=O)c2n1CCN(C)C2.CC(=O)c1nc(Br)n2c1CN(C)CC2.CC(=O)c1nc(C)n2c1CN(C)CC2.CC=CC.CC=Cc1nc(C(C)=O)c2n1CCN(C)C2.CCCc1nc(C(C)=O)c2n1CCN(C)C2.[HH]. The first-order valence-corrected chi connectivity index (χ1v) is 29.3. The number of allylic oxidation sites excluding steroid dienone is 3. The van der Waals surface area contributed by atoms with Gasteiger partial charge in [-0.15, -0.1) is 12.3 Å². The average Bonchev–Trinajstić information content (AvgIpc) is 3.11. The summed E-state index contributed by atoms with van der Waals surface area (Å²) >= 11 is 3.37. The number of hydrogen-bond acceptors (Lipinski definition) is 15. The van der Waals surface area contributed by atoms with E-state index in [0.29, 0.717) is 28.5 Å². The summed E-state index contributed by atoms with van der Waals surface area (Å²) in [4.78, 5) is 90.1. The first kappa shape index (κ1) is 68.8. The molecular formula is C62H92BrN15O5. The molecule has 452 valence electrons. The Morgan fingerprint density at radius 3 is 1.29 bits per heavy atom. The van der Waals surface area contributed by atoms with Gasteiger partial charge in [0.25, 0.3) is 0 Å². The molecule has 5 aliphatic rings. The molecule has 0 aromatic carbocycles. The van der Waals surface area contributed by atoms with Crippen LogP contribution in [0.3, 0.4) is 0 Å². The molecule has 0 spiro atoms. The number of aryl methyl sites for hydroxylation is 2. The Morgan fingerprint density at radius 1 is 0.506 bits per heavy atom. The highest BCUT2D eigenvalue weighted by molar-refractivity contribution is 9.10. The number of terminal acetylenes is 1. The predicted octanol–water partition coefficient (Wildman–Crippen LogP) is 8.55. The zero-order valence-electron chi connectivity index (χ0n) is 52.5. The van der Waals surface area contributed by atoms with Crippen LogP contribution in [0.25, 0.3) is 6.08 Å². The van der Waals surface area contributed by atoms with Crippen LogP contribution in [0.5, 0.6) is 0 Å². The first-order valence-electron chi connectivity index (χ1n) is 28.5. The van der Waals surface area contributed by atoms with Crippen molar-refractivity contribution in [3.05, 3.63) is 103 Å². The topological polar surface area (TPSA) is 191 Å². The molecule has 5 aliphatic heterocycles. The summed E-state index contributed by atoms with van der Waals surface area (Å²) in [5, 5.41) is 0. The Balaban J connectivity index is 0.000000267. The number of Topliss-reactive ketones (excluding diaryl/α,β-unsaturated/α-hetero) is 5. The van der Waals surface area contributed by atoms with Crippen LogP contribution in [0.15, 0.2) is 23.0 Å². The van der Waals surface area contributed by atoms with Gasteiger partial charge < -0.3 is 22.8 Å². The number of hydrogen-bond donors (Lipinski definition) is 0. The molecule has 21 heteroatoms. The third-order valence-electron chi connectivity index (χ3n) is 14.3. The Kier molecular flexibility index (Phi) is 27.3. The molecular weight excluding hydrogens is 1110 g/mol. The third-order valence-corrected chi connectivity index (χ3v) is 14.9. The van der Waals surface area contributed by atoms with Gasteiger partial charge in [0.2, 0.25) is 0 Å². The highest BCUT2D eigenvalue weighted by atomic mass is 79.9. The molecule has 0 amide bonds. The van der Waals surface area contributed by atoms with Crippen molar-refractivity contribution in [2.45, 2.75) is 161 Å². The van der Waals surface area contributed by atoms with Crippen LogP contribution in [0.1, 0.15) is 188 Å². The summed E-state index contributed by atoms with van der Waals surface area (Å²) in [6, 6.07) is 0. The van der Waals surface area contributed by atoms with Crippen molar-refractivity contribution in [2.24, 2.45) is 0 Å². The van der Waals surface area contributed by atoms with Gasteiger partial charge in [-0.3, -0.25) is 48.5 Å². The Morgan fingerprint density at radius 2 is 0.855 bits per heavy atom. The lowest BCUT2D eigenvalue weighted by Crippen LogP contribution is -2.31. The van der Waals surface area contributed by atoms with Crippen LogP contribution < -0.4 is 0 Å². The van der Waals surface area contributed by atoms with Gasteiger partial charge in [-0.2, -0.15) is 0 Å². The third kappa shape index (κ3) is 18.4. The number of likely N-dealkylation sites (N-methyl/N-ethyl adjacent to an activating group) is 5. The summed E-state index contributed by atoms with van der Waals surface area (Å²) in [5.74, 6) is 12.0. The normalized spacial score (nSPS) is 15.5. The summed E-state index contributed by atoms with van der Waals surface area (Å²) in [5.41, 5.74) is 8.37. The number of rotatable bonds is 8. The van der Waals surface area contributed by atoms with E-state index in [9.17, 15) is 24.0 Å². The van der Waals surface area contributed by atoms with Crippen molar-refractivity contribution in [1.29, 1.82) is 0 Å². The zero-order valence-corrected chi connectivity index (χ0v) is 54.1. The van der Waals surface area contributed by atoms with E-state index in [0.717, 1.165) is 168 Å². The lowest BCUT2D eigenvalue weighted by Gasteiger charge is -2.25. The number of fused-ring (bicyclic) bond motifs is 5. The summed E-state index contributed by atoms with van der Waals surface area (Å²) in [6.45, 7) is 35.0. The fourth-order valence-electron chi connectivity index (χ4n) is 10.0. The van der Waals surface area contributed by atoms with Gasteiger partial charge in [0.15, 0.2) is 39.5 Å². The lowest BCUT2D eigenvalue weighted by atomic mass is 10.2. The number of halogens is 1. The molecule has 20 nitrogen and oxygen atoms in total. The smallest absolute Gasteiger partial charge is 0.186 e. The molecule has 5 aromatic rings. The van der Waals surface area contributed by atoms with E-state index >= 15 is 0 Å². The monoisotopic (exact) mass is 1210 g/mol. The number of ketones is 5. The molecule has 10 heterocycles. The van der Waals surface area contributed by atoms with E-state index in [2.05, 4.69) is 140 Å². The van der Waals surface area contributed by atoms with Crippen molar-refractivity contribution < 1.29 is 25.4 Å². The minimum absolute atomic E-state index is 0. The quantitative estimate of drug-likeness (QED) is 0.0815. The zero-order chi connectivity index (χ0) is 61.8. The number of carbonyl (C=O) groups excluding carboxylic acids is 5. The van der Waals surface area contributed by atoms with Crippen LogP contribution in [-0.2, 0) is 71.9 Å². The Bertz CT molecular complexity index is 3170. The van der Waals surface area contributed by atoms with E-state index in [4.69, 9.17) is 0 Å². The Hall–Kier alpha value is -6.72. The minimum atomic E-state index is 0. The van der Waals surface area contributed by atoms with Gasteiger partial charge in [-0.05, 0) is 111 Å². The van der Waals surface area contributed by atoms with E-state index in [1.807, 2.05) is 66.1 Å². The first-order chi connectivity index (χ1) is 39.4. The maximum Gasteiger partial charge on any atom is 0.186 e. The predicted molar refractivity (Wildman–Crippen MR) is 334 cm³/mol. The van der Waals surface area contributed by atoms with E-state index < -0.39 is 0 Å². The number of carbonyl (C=O) groups is 5. The fraction of sp³-hybridized carbons (Fsp3) is 0.548. The minimum Gasteiger partial charge on any atom is -0.329 e. The summed E-state index contributed by atoms with van der Waals surface area (Å²) in [7, 11) is 10.3. The summed E-state index contributed by atoms with van der Waals surface area (Å²) in [6.07, 6.45) is 14.5. The van der Waals surface area contributed by atoms with Gasteiger partial charge >= 0.3 is 0 Å². The van der Waals surface area contributed by atoms with Crippen molar-refractivity contribution in [1.82, 2.24) is 72.3 Å². The molecule has 0 atom stereocenters. The van der Waals surface area contributed by atoms with E-state index in [1.165, 1.54) is 0 Å². The second-order valence-corrected chi connectivity index (χ2v) is 22.0. The van der Waals surface area contributed by atoms with Crippen LogP contribution in [-0.4, -0.2) is 169 Å². The van der Waals surface area contributed by atoms with E-state index in [1.54, 1.807) is 48.5 Å². The van der Waals surface area contributed by atoms with Gasteiger partial charge in [0.1, 0.15) is 45.9 Å². The number of nitrogens with zero attached hydrogens (tertiary/aromatic N) is 15. The molecule has 0 radical (unpaired) electrons. The molecule has 0 fully saturated rings. The average molecular weight is 1210 g/mol. The van der Waals surface area contributed by atoms with Crippen LogP contribution in [0.4, 0.5) is 0 Å². The Labute approximate surface area is 503 Å². The molecule has 5 aromatic heterocycles. The number of aromatic nitrogens is 10. The fourth-order valence-corrected chi connectivity index (χ4v) is 10.6. The van der Waals surface area contributed by atoms with Crippen molar-refractivity contribution >= 4 is 50.9 Å².